The molecule has 0 saturated carbocycles. The lowest BCUT2D eigenvalue weighted by atomic mass is 10.2. The molecular weight excluding hydrogens is 480 g/mol. The number of rotatable bonds is 3. The van der Waals surface area contributed by atoms with Crippen LogP contribution in [0.2, 0.25) is 0 Å². The lowest BCUT2D eigenvalue weighted by Gasteiger charge is -2.28. The number of hydrogen-bond donors (Lipinski definition) is 1. The molecule has 1 aliphatic heterocycles. The molecule has 1 aliphatic rings. The number of anilines is 2. The predicted molar refractivity (Wildman–Crippen MR) is 102 cm³/mol. The zero-order valence-corrected chi connectivity index (χ0v) is 16.1. The fourth-order valence-corrected chi connectivity index (χ4v) is 3.86. The van der Waals surface area contributed by atoms with E-state index in [-0.39, 0.29) is 23.9 Å². The molecule has 0 saturated heterocycles. The zero-order valence-electron chi connectivity index (χ0n) is 13.1. The number of thioether (sulfide) groups is 1. The topological polar surface area (TPSA) is 49.4 Å². The van der Waals surface area contributed by atoms with Gasteiger partial charge in [-0.1, -0.05) is 12.1 Å². The fourth-order valence-electron chi connectivity index (χ4n) is 2.46. The number of benzene rings is 2. The molecule has 0 radical (unpaired) electrons. The van der Waals surface area contributed by atoms with Crippen molar-refractivity contribution in [2.24, 2.45) is 0 Å². The number of hydrogen-bond acceptors (Lipinski definition) is 3. The average molecular weight is 492 g/mol. The smallest absolute Gasteiger partial charge is 0.324 e. The molecule has 0 atom stereocenters. The predicted octanol–water partition coefficient (Wildman–Crippen LogP) is 4.39. The Bertz CT molecular complexity index is 873. The highest BCUT2D eigenvalue weighted by Gasteiger charge is 2.31. The van der Waals surface area contributed by atoms with E-state index in [0.717, 1.165) is 17.0 Å². The van der Waals surface area contributed by atoms with E-state index in [1.165, 1.54) is 22.7 Å². The summed E-state index contributed by atoms with van der Waals surface area (Å²) in [6.07, 6.45) is -4.50. The number of alkyl halides is 3. The van der Waals surface area contributed by atoms with Gasteiger partial charge in [0.05, 0.1) is 22.7 Å². The first-order chi connectivity index (χ1) is 12.3. The maximum absolute atomic E-state index is 12.9. The number of fused-ring (bicyclic) bond motifs is 1. The van der Waals surface area contributed by atoms with Crippen LogP contribution in [0.25, 0.3) is 0 Å². The maximum Gasteiger partial charge on any atom is 0.416 e. The Kier molecular flexibility index (Phi) is 5.47. The van der Waals surface area contributed by atoms with Crippen LogP contribution < -0.4 is 10.2 Å². The van der Waals surface area contributed by atoms with E-state index < -0.39 is 17.6 Å². The van der Waals surface area contributed by atoms with Crippen molar-refractivity contribution in [2.75, 3.05) is 22.5 Å². The van der Waals surface area contributed by atoms with Gasteiger partial charge in [-0.15, -0.1) is 11.8 Å². The minimum atomic E-state index is -4.50. The number of carbonyl (C=O) groups is 2. The molecule has 0 spiro atoms. The maximum atomic E-state index is 12.9. The summed E-state index contributed by atoms with van der Waals surface area (Å²) in [6, 6.07) is 10.3. The Labute approximate surface area is 165 Å². The number of carbonyl (C=O) groups excluding carboxylic acids is 2. The van der Waals surface area contributed by atoms with E-state index in [4.69, 9.17) is 0 Å². The molecule has 9 heteroatoms. The van der Waals surface area contributed by atoms with Crippen molar-refractivity contribution >= 4 is 57.5 Å². The second kappa shape index (κ2) is 7.47. The van der Waals surface area contributed by atoms with E-state index >= 15 is 0 Å². The molecule has 0 unspecified atom stereocenters. The molecule has 1 N–H and O–H groups in total. The van der Waals surface area contributed by atoms with Gasteiger partial charge in [0.2, 0.25) is 11.8 Å². The van der Waals surface area contributed by atoms with E-state index in [1.54, 1.807) is 12.1 Å². The van der Waals surface area contributed by atoms with Crippen molar-refractivity contribution in [3.63, 3.8) is 0 Å². The van der Waals surface area contributed by atoms with Crippen LogP contribution in [-0.4, -0.2) is 24.1 Å². The lowest BCUT2D eigenvalue weighted by molar-refractivity contribution is -0.137. The Balaban J connectivity index is 1.79. The number of nitrogens with one attached hydrogen (secondary N) is 1. The number of amides is 2. The molecular formula is C17H12F3IN2O2S. The van der Waals surface area contributed by atoms with E-state index in [9.17, 15) is 22.8 Å². The molecule has 2 aromatic rings. The van der Waals surface area contributed by atoms with Gasteiger partial charge >= 0.3 is 6.18 Å². The molecule has 2 amide bonds. The van der Waals surface area contributed by atoms with Crippen LogP contribution in [0, 0.1) is 3.57 Å². The fraction of sp³-hybridized carbons (Fsp3) is 0.176. The van der Waals surface area contributed by atoms with Crippen LogP contribution in [0.5, 0.6) is 0 Å². The van der Waals surface area contributed by atoms with E-state index in [2.05, 4.69) is 5.32 Å². The number of para-hydroxylation sites is 1. The largest absolute Gasteiger partial charge is 0.416 e. The van der Waals surface area contributed by atoms with E-state index in [1.807, 2.05) is 34.7 Å². The quantitative estimate of drug-likeness (QED) is 0.648. The summed E-state index contributed by atoms with van der Waals surface area (Å²) in [5, 5.41) is 2.47. The summed E-state index contributed by atoms with van der Waals surface area (Å²) in [5.74, 6) is -0.564. The van der Waals surface area contributed by atoms with Crippen molar-refractivity contribution in [3.8, 4) is 0 Å². The second-order valence-electron chi connectivity index (χ2n) is 5.48. The van der Waals surface area contributed by atoms with Gasteiger partial charge in [-0.3, -0.25) is 9.59 Å². The Morgan fingerprint density at radius 3 is 2.69 bits per heavy atom. The molecule has 26 heavy (non-hydrogen) atoms. The van der Waals surface area contributed by atoms with Crippen molar-refractivity contribution < 1.29 is 22.8 Å². The van der Waals surface area contributed by atoms with Gasteiger partial charge < -0.3 is 10.2 Å². The van der Waals surface area contributed by atoms with Gasteiger partial charge in [0.15, 0.2) is 0 Å². The van der Waals surface area contributed by atoms with Gasteiger partial charge in [-0.25, -0.2) is 0 Å². The number of nitrogens with zero attached hydrogens (tertiary/aromatic N) is 1. The van der Waals surface area contributed by atoms with Gasteiger partial charge in [-0.05, 0) is 52.9 Å². The molecule has 0 fully saturated rings. The Hall–Kier alpha value is -1.75. The van der Waals surface area contributed by atoms with Crippen molar-refractivity contribution in [2.45, 2.75) is 11.1 Å². The molecule has 0 aromatic heterocycles. The van der Waals surface area contributed by atoms with Crippen LogP contribution >= 0.6 is 34.4 Å². The van der Waals surface area contributed by atoms with Gasteiger partial charge in [-0.2, -0.15) is 13.2 Å². The molecule has 0 aliphatic carbocycles. The molecule has 3 rings (SSSR count). The van der Waals surface area contributed by atoms with Crippen LogP contribution in [0.1, 0.15) is 5.56 Å². The van der Waals surface area contributed by atoms with Crippen LogP contribution in [0.4, 0.5) is 24.5 Å². The van der Waals surface area contributed by atoms with Gasteiger partial charge in [0, 0.05) is 8.47 Å². The van der Waals surface area contributed by atoms with Gasteiger partial charge in [0.1, 0.15) is 6.54 Å². The minimum absolute atomic E-state index is 0.0672. The average Bonchev–Trinajstić information content (AvgIpc) is 2.58. The highest BCUT2D eigenvalue weighted by atomic mass is 127. The first kappa shape index (κ1) is 19.0. The lowest BCUT2D eigenvalue weighted by Crippen LogP contribution is -2.41. The van der Waals surface area contributed by atoms with Crippen molar-refractivity contribution in [1.29, 1.82) is 0 Å². The third-order valence-corrected chi connectivity index (χ3v) is 5.67. The molecule has 136 valence electrons. The highest BCUT2D eigenvalue weighted by molar-refractivity contribution is 14.1. The van der Waals surface area contributed by atoms with Crippen molar-refractivity contribution in [1.82, 2.24) is 0 Å². The Morgan fingerprint density at radius 2 is 1.96 bits per heavy atom. The van der Waals surface area contributed by atoms with Crippen LogP contribution in [0.15, 0.2) is 47.4 Å². The summed E-state index contributed by atoms with van der Waals surface area (Å²) >= 11 is 3.24. The summed E-state index contributed by atoms with van der Waals surface area (Å²) < 4.78 is 39.0. The van der Waals surface area contributed by atoms with E-state index in [0.29, 0.717) is 9.26 Å². The zero-order chi connectivity index (χ0) is 18.9. The Morgan fingerprint density at radius 1 is 1.23 bits per heavy atom. The molecule has 1 heterocycles. The summed E-state index contributed by atoms with van der Waals surface area (Å²) in [4.78, 5) is 26.8. The van der Waals surface area contributed by atoms with Crippen molar-refractivity contribution in [3.05, 3.63) is 51.6 Å². The standard InChI is InChI=1S/C17H12F3IN2O2S/c18-17(19,20)10-5-6-11(21)12(7-10)22-15(24)8-23-13-3-1-2-4-14(13)26-9-16(23)25/h1-7H,8-9H2,(H,22,24). The number of halogens is 4. The molecule has 0 bridgehead atoms. The highest BCUT2D eigenvalue weighted by Crippen LogP contribution is 2.35. The normalized spacial score (nSPS) is 14.2. The third-order valence-electron chi connectivity index (χ3n) is 3.68. The summed E-state index contributed by atoms with van der Waals surface area (Å²) in [6.45, 7) is -0.261. The monoisotopic (exact) mass is 492 g/mol. The first-order valence-corrected chi connectivity index (χ1v) is 9.51. The summed E-state index contributed by atoms with van der Waals surface area (Å²) in [5.41, 5.74) is -0.149. The minimum Gasteiger partial charge on any atom is -0.324 e. The molecule has 2 aromatic carbocycles. The van der Waals surface area contributed by atoms with Crippen LogP contribution in [-0.2, 0) is 15.8 Å². The molecule has 4 nitrogen and oxygen atoms in total. The summed E-state index contributed by atoms with van der Waals surface area (Å²) in [7, 11) is 0. The SMILES string of the molecule is O=C(CN1C(=O)CSc2ccccc21)Nc1cc(C(F)(F)F)ccc1I. The third kappa shape index (κ3) is 4.14. The second-order valence-corrected chi connectivity index (χ2v) is 7.66. The first-order valence-electron chi connectivity index (χ1n) is 7.44. The van der Waals surface area contributed by atoms with Gasteiger partial charge in [0.25, 0.3) is 0 Å². The van der Waals surface area contributed by atoms with Crippen LogP contribution in [0.3, 0.4) is 0 Å².